The smallest absolute Gasteiger partial charge is 0.329 e. The van der Waals surface area contributed by atoms with Gasteiger partial charge in [0, 0.05) is 29.0 Å². The number of hydrogen-bond acceptors (Lipinski definition) is 8. The van der Waals surface area contributed by atoms with Crippen molar-refractivity contribution in [1.82, 2.24) is 9.97 Å². The van der Waals surface area contributed by atoms with Gasteiger partial charge >= 0.3 is 5.69 Å². The topological polar surface area (TPSA) is 134 Å². The summed E-state index contributed by atoms with van der Waals surface area (Å²) in [6, 6.07) is 13.2. The summed E-state index contributed by atoms with van der Waals surface area (Å²) in [6.07, 6.45) is 1.01. The fraction of sp³-hybridized carbons (Fsp3) is 0.105. The summed E-state index contributed by atoms with van der Waals surface area (Å²) in [5.74, 6) is -0.938. The number of anilines is 4. The van der Waals surface area contributed by atoms with Gasteiger partial charge in [0.25, 0.3) is 5.91 Å². The number of rotatable bonds is 5. The van der Waals surface area contributed by atoms with Crippen molar-refractivity contribution in [2.75, 3.05) is 22.6 Å². The first-order chi connectivity index (χ1) is 14.3. The molecule has 1 atom stereocenters. The quantitative estimate of drug-likeness (QED) is 0.322. The molecule has 0 saturated heterocycles. The monoisotopic (exact) mass is 426 g/mol. The van der Waals surface area contributed by atoms with Crippen LogP contribution in [0.1, 0.15) is 5.56 Å². The van der Waals surface area contributed by atoms with E-state index in [1.807, 2.05) is 0 Å². The number of aromatic nitrogens is 2. The Kier molecular flexibility index (Phi) is 4.72. The Morgan fingerprint density at radius 2 is 1.93 bits per heavy atom. The number of fused-ring (bicyclic) bond motifs is 1. The Morgan fingerprint density at radius 3 is 2.63 bits per heavy atom. The molecule has 152 valence electrons. The maximum absolute atomic E-state index is 12.6. The minimum atomic E-state index is -2.19. The third kappa shape index (κ3) is 3.17. The molecule has 0 bridgehead atoms. The lowest BCUT2D eigenvalue weighted by atomic mass is 10.0. The number of nitro groups is 1. The number of amides is 1. The summed E-state index contributed by atoms with van der Waals surface area (Å²) in [5.41, 5.74) is -1.38. The molecule has 3 aromatic rings. The van der Waals surface area contributed by atoms with Crippen LogP contribution in [-0.4, -0.2) is 33.0 Å². The standard InChI is InChI=1S/C19H15ClN6O4/c1-25(19(28)13-4-2-3-5-14(13)23-17(19)27)16-15(26(29)30)10-21-18(24-16)22-12-8-6-11(20)7-9-12/h2-10,28H,1H3,(H,23,27)(H,21,22,24). The molecule has 0 spiro atoms. The van der Waals surface area contributed by atoms with Crippen molar-refractivity contribution in [1.29, 1.82) is 0 Å². The molecule has 30 heavy (non-hydrogen) atoms. The van der Waals surface area contributed by atoms with Gasteiger partial charge in [-0.2, -0.15) is 4.98 Å². The number of halogens is 1. The summed E-state index contributed by atoms with van der Waals surface area (Å²) >= 11 is 5.87. The lowest BCUT2D eigenvalue weighted by Gasteiger charge is -2.32. The fourth-order valence-electron chi connectivity index (χ4n) is 3.18. The predicted molar refractivity (Wildman–Crippen MR) is 111 cm³/mol. The third-order valence-electron chi connectivity index (χ3n) is 4.72. The normalized spacial score (nSPS) is 17.2. The van der Waals surface area contributed by atoms with Crippen LogP contribution >= 0.6 is 11.6 Å². The Morgan fingerprint density at radius 1 is 1.23 bits per heavy atom. The van der Waals surface area contributed by atoms with Crippen LogP contribution in [0.3, 0.4) is 0 Å². The van der Waals surface area contributed by atoms with Crippen LogP contribution in [0.15, 0.2) is 54.7 Å². The lowest BCUT2D eigenvalue weighted by Crippen LogP contribution is -2.50. The van der Waals surface area contributed by atoms with E-state index >= 15 is 0 Å². The van der Waals surface area contributed by atoms with E-state index in [9.17, 15) is 20.0 Å². The minimum absolute atomic E-state index is 0.0417. The van der Waals surface area contributed by atoms with Crippen LogP contribution in [0, 0.1) is 10.1 Å². The van der Waals surface area contributed by atoms with Crippen molar-refractivity contribution in [3.05, 3.63) is 75.4 Å². The first-order valence-corrected chi connectivity index (χ1v) is 9.09. The zero-order valence-corrected chi connectivity index (χ0v) is 16.3. The second-order valence-electron chi connectivity index (χ2n) is 6.52. The van der Waals surface area contributed by atoms with Gasteiger partial charge in [-0.15, -0.1) is 0 Å². The average Bonchev–Trinajstić information content (AvgIpc) is 3.00. The molecule has 1 amide bonds. The Hall–Kier alpha value is -3.76. The largest absolute Gasteiger partial charge is 0.359 e. The Bertz CT molecular complexity index is 1160. The predicted octanol–water partition coefficient (Wildman–Crippen LogP) is 3.02. The number of para-hydroxylation sites is 1. The van der Waals surface area contributed by atoms with Crippen LogP contribution < -0.4 is 15.5 Å². The van der Waals surface area contributed by atoms with Crippen LogP contribution in [0.2, 0.25) is 5.02 Å². The van der Waals surface area contributed by atoms with Crippen LogP contribution in [0.25, 0.3) is 0 Å². The van der Waals surface area contributed by atoms with E-state index in [2.05, 4.69) is 20.6 Å². The molecule has 0 radical (unpaired) electrons. The number of carbonyl (C=O) groups excluding carboxylic acids is 1. The molecule has 0 saturated carbocycles. The van der Waals surface area contributed by atoms with E-state index in [1.165, 1.54) is 7.05 Å². The van der Waals surface area contributed by atoms with Crippen molar-refractivity contribution >= 4 is 46.3 Å². The number of nitrogens with zero attached hydrogens (tertiary/aromatic N) is 4. The van der Waals surface area contributed by atoms with Crippen LogP contribution in [-0.2, 0) is 10.5 Å². The van der Waals surface area contributed by atoms with E-state index in [1.54, 1.807) is 48.5 Å². The van der Waals surface area contributed by atoms with E-state index in [0.717, 1.165) is 11.1 Å². The lowest BCUT2D eigenvalue weighted by molar-refractivity contribution is -0.384. The zero-order valence-electron chi connectivity index (χ0n) is 15.5. The zero-order chi connectivity index (χ0) is 21.5. The summed E-state index contributed by atoms with van der Waals surface area (Å²) in [4.78, 5) is 32.7. The van der Waals surface area contributed by atoms with E-state index < -0.39 is 22.2 Å². The van der Waals surface area contributed by atoms with Crippen molar-refractivity contribution in [2.24, 2.45) is 0 Å². The summed E-state index contributed by atoms with van der Waals surface area (Å²) in [6.45, 7) is 0. The molecule has 2 aromatic carbocycles. The van der Waals surface area contributed by atoms with Gasteiger partial charge in [-0.05, 0) is 30.3 Å². The Balaban J connectivity index is 1.77. The Labute approximate surface area is 175 Å². The van der Waals surface area contributed by atoms with Gasteiger partial charge in [0.05, 0.1) is 4.92 Å². The van der Waals surface area contributed by atoms with E-state index in [4.69, 9.17) is 11.6 Å². The first kappa shape index (κ1) is 19.6. The molecule has 3 N–H and O–H groups in total. The molecular formula is C19H15ClN6O4. The fourth-order valence-corrected chi connectivity index (χ4v) is 3.30. The number of nitrogens with one attached hydrogen (secondary N) is 2. The minimum Gasteiger partial charge on any atom is -0.359 e. The van der Waals surface area contributed by atoms with Gasteiger partial charge in [-0.25, -0.2) is 4.98 Å². The molecule has 1 unspecified atom stereocenters. The van der Waals surface area contributed by atoms with Gasteiger partial charge in [0.1, 0.15) is 6.20 Å². The second-order valence-corrected chi connectivity index (χ2v) is 6.96. The first-order valence-electron chi connectivity index (χ1n) is 8.72. The van der Waals surface area contributed by atoms with Crippen molar-refractivity contribution in [3.8, 4) is 0 Å². The van der Waals surface area contributed by atoms with Gasteiger partial charge in [0.2, 0.25) is 17.5 Å². The van der Waals surface area contributed by atoms with Crippen molar-refractivity contribution < 1.29 is 14.8 Å². The number of likely N-dealkylation sites (N-methyl/N-ethyl adjacent to an activating group) is 1. The van der Waals surface area contributed by atoms with Gasteiger partial charge < -0.3 is 20.6 Å². The molecule has 0 aliphatic carbocycles. The van der Waals surface area contributed by atoms with Crippen LogP contribution in [0.5, 0.6) is 0 Å². The van der Waals surface area contributed by atoms with Crippen LogP contribution in [0.4, 0.5) is 28.8 Å². The number of benzene rings is 2. The molecule has 10 nitrogen and oxygen atoms in total. The third-order valence-corrected chi connectivity index (χ3v) is 4.97. The molecule has 0 fully saturated rings. The average molecular weight is 427 g/mol. The maximum atomic E-state index is 12.6. The highest BCUT2D eigenvalue weighted by molar-refractivity contribution is 6.30. The summed E-state index contributed by atoms with van der Waals surface area (Å²) < 4.78 is 0. The maximum Gasteiger partial charge on any atom is 0.329 e. The van der Waals surface area contributed by atoms with Crippen molar-refractivity contribution in [2.45, 2.75) is 5.72 Å². The summed E-state index contributed by atoms with van der Waals surface area (Å²) in [5, 5.41) is 28.8. The van der Waals surface area contributed by atoms with Crippen molar-refractivity contribution in [3.63, 3.8) is 0 Å². The molecule has 4 rings (SSSR count). The molecular weight excluding hydrogens is 412 g/mol. The highest BCUT2D eigenvalue weighted by Crippen LogP contribution is 2.41. The highest BCUT2D eigenvalue weighted by Gasteiger charge is 2.50. The highest BCUT2D eigenvalue weighted by atomic mass is 35.5. The molecule has 1 aliphatic heterocycles. The number of hydrogen-bond donors (Lipinski definition) is 3. The van der Waals surface area contributed by atoms with E-state index in [-0.39, 0.29) is 17.3 Å². The molecule has 1 aromatic heterocycles. The summed E-state index contributed by atoms with van der Waals surface area (Å²) in [7, 11) is 1.35. The molecule has 11 heteroatoms. The van der Waals surface area contributed by atoms with Gasteiger partial charge in [0.15, 0.2) is 0 Å². The number of carbonyl (C=O) groups is 1. The van der Waals surface area contributed by atoms with E-state index in [0.29, 0.717) is 16.4 Å². The van der Waals surface area contributed by atoms with Gasteiger partial charge in [-0.1, -0.05) is 29.8 Å². The molecule has 2 heterocycles. The SMILES string of the molecule is CN(c1nc(Nc2ccc(Cl)cc2)ncc1[N+](=O)[O-])C1(O)C(=O)Nc2ccccc21. The second kappa shape index (κ2) is 7.25. The number of aliphatic hydroxyl groups is 1. The molecule has 1 aliphatic rings. The van der Waals surface area contributed by atoms with Gasteiger partial charge in [-0.3, -0.25) is 14.9 Å².